The number of hydrogen-bond donors (Lipinski definition) is 1. The van der Waals surface area contributed by atoms with E-state index in [0.29, 0.717) is 10.9 Å². The van der Waals surface area contributed by atoms with E-state index in [1.54, 1.807) is 18.5 Å². The van der Waals surface area contributed by atoms with Crippen LogP contribution in [0, 0.1) is 0 Å². The highest BCUT2D eigenvalue weighted by Gasteiger charge is 2.05. The molecule has 2 aromatic heterocycles. The zero-order chi connectivity index (χ0) is 11.2. The first kappa shape index (κ1) is 11.0. The Labute approximate surface area is 100 Å². The van der Waals surface area contributed by atoms with Gasteiger partial charge in [-0.3, -0.25) is 4.79 Å². The van der Waals surface area contributed by atoms with Crippen LogP contribution < -0.4 is 5.32 Å². The van der Waals surface area contributed by atoms with Gasteiger partial charge < -0.3 is 5.32 Å². The first-order valence-corrected chi connectivity index (χ1v) is 6.29. The zero-order valence-electron chi connectivity index (χ0n) is 8.16. The number of thiazole rings is 1. The third kappa shape index (κ3) is 3.28. The fourth-order valence-corrected chi connectivity index (χ4v) is 2.12. The van der Waals surface area contributed by atoms with Gasteiger partial charge in [-0.15, -0.1) is 11.3 Å². The number of carbonyl (C=O) groups is 1. The quantitative estimate of drug-likeness (QED) is 0.662. The molecule has 2 rings (SSSR count). The number of carbonyl (C=O) groups excluding carboxylic acids is 1. The van der Waals surface area contributed by atoms with Crippen molar-refractivity contribution < 1.29 is 4.79 Å². The van der Waals surface area contributed by atoms with Crippen LogP contribution in [0.3, 0.4) is 0 Å². The fourth-order valence-electron chi connectivity index (χ4n) is 0.944. The minimum Gasteiger partial charge on any atom is -0.301 e. The maximum Gasteiger partial charge on any atom is 0.236 e. The second-order valence-corrected chi connectivity index (χ2v) is 4.61. The van der Waals surface area contributed by atoms with Gasteiger partial charge in [0.2, 0.25) is 5.91 Å². The average molecular weight is 252 g/mol. The monoisotopic (exact) mass is 252 g/mol. The Morgan fingerprint density at radius 3 is 3.06 bits per heavy atom. The summed E-state index contributed by atoms with van der Waals surface area (Å²) in [5.41, 5.74) is 0. The smallest absolute Gasteiger partial charge is 0.236 e. The van der Waals surface area contributed by atoms with Gasteiger partial charge in [0, 0.05) is 17.8 Å². The van der Waals surface area contributed by atoms with Gasteiger partial charge >= 0.3 is 0 Å². The average Bonchev–Trinajstić information content (AvgIpc) is 2.81. The number of rotatable bonds is 4. The molecule has 0 unspecified atom stereocenters. The number of aromatic nitrogens is 3. The molecule has 0 atom stereocenters. The minimum atomic E-state index is -0.0847. The first-order valence-electron chi connectivity index (χ1n) is 4.43. The molecule has 1 N–H and O–H groups in total. The predicted octanol–water partition coefficient (Wildman–Crippen LogP) is 1.66. The zero-order valence-corrected chi connectivity index (χ0v) is 9.79. The van der Waals surface area contributed by atoms with Gasteiger partial charge in [0.05, 0.1) is 10.8 Å². The van der Waals surface area contributed by atoms with Crippen LogP contribution in [0.25, 0.3) is 0 Å². The number of hydrogen-bond acceptors (Lipinski definition) is 6. The molecule has 0 spiro atoms. The van der Waals surface area contributed by atoms with Crippen molar-refractivity contribution in [3.05, 3.63) is 30.2 Å². The normalized spacial score (nSPS) is 10.0. The van der Waals surface area contributed by atoms with E-state index in [0.717, 1.165) is 5.03 Å². The van der Waals surface area contributed by atoms with Crippen molar-refractivity contribution in [3.8, 4) is 0 Å². The van der Waals surface area contributed by atoms with E-state index in [1.165, 1.54) is 29.4 Å². The van der Waals surface area contributed by atoms with Crippen molar-refractivity contribution in [3.63, 3.8) is 0 Å². The van der Waals surface area contributed by atoms with E-state index in [-0.39, 0.29) is 5.91 Å². The number of anilines is 1. The van der Waals surface area contributed by atoms with Crippen LogP contribution in [0.4, 0.5) is 5.13 Å². The molecule has 0 aliphatic heterocycles. The van der Waals surface area contributed by atoms with Crippen molar-refractivity contribution in [1.82, 2.24) is 15.0 Å². The Kier molecular flexibility index (Phi) is 3.84. The van der Waals surface area contributed by atoms with Crippen LogP contribution in [0.15, 0.2) is 35.2 Å². The van der Waals surface area contributed by atoms with Gasteiger partial charge in [-0.1, -0.05) is 11.8 Å². The maximum atomic E-state index is 11.5. The van der Waals surface area contributed by atoms with Crippen LogP contribution >= 0.6 is 23.1 Å². The highest BCUT2D eigenvalue weighted by atomic mass is 32.2. The summed E-state index contributed by atoms with van der Waals surface area (Å²) in [6, 6.07) is 1.77. The molecule has 0 saturated heterocycles. The molecule has 2 heterocycles. The van der Waals surface area contributed by atoms with E-state index in [9.17, 15) is 4.79 Å². The molecule has 0 saturated carbocycles. The van der Waals surface area contributed by atoms with Crippen LogP contribution in [-0.4, -0.2) is 26.6 Å². The summed E-state index contributed by atoms with van der Waals surface area (Å²) in [5.74, 6) is 0.231. The van der Waals surface area contributed by atoms with Crippen molar-refractivity contribution in [2.45, 2.75) is 5.03 Å². The van der Waals surface area contributed by atoms with Gasteiger partial charge in [0.25, 0.3) is 0 Å². The molecule has 5 nitrogen and oxygen atoms in total. The second kappa shape index (κ2) is 5.57. The summed E-state index contributed by atoms with van der Waals surface area (Å²) in [7, 11) is 0. The number of amides is 1. The summed E-state index contributed by atoms with van der Waals surface area (Å²) in [5, 5.41) is 5.91. The van der Waals surface area contributed by atoms with E-state index in [4.69, 9.17) is 0 Å². The molecule has 0 aromatic carbocycles. The van der Waals surface area contributed by atoms with Gasteiger partial charge in [-0.25, -0.2) is 15.0 Å². The molecular weight excluding hydrogens is 244 g/mol. The molecule has 7 heteroatoms. The lowest BCUT2D eigenvalue weighted by Crippen LogP contribution is -2.13. The lowest BCUT2D eigenvalue weighted by atomic mass is 10.7. The van der Waals surface area contributed by atoms with E-state index in [1.807, 2.05) is 5.38 Å². The van der Waals surface area contributed by atoms with Gasteiger partial charge in [0.15, 0.2) is 5.13 Å². The molecule has 0 radical (unpaired) electrons. The van der Waals surface area contributed by atoms with Crippen molar-refractivity contribution in [2.24, 2.45) is 0 Å². The Hall–Kier alpha value is -1.47. The topological polar surface area (TPSA) is 67.8 Å². The Morgan fingerprint density at radius 1 is 1.44 bits per heavy atom. The summed E-state index contributed by atoms with van der Waals surface area (Å²) >= 11 is 2.76. The third-order valence-electron chi connectivity index (χ3n) is 1.58. The lowest BCUT2D eigenvalue weighted by Gasteiger charge is -2.00. The van der Waals surface area contributed by atoms with Gasteiger partial charge in [0.1, 0.15) is 6.33 Å². The highest BCUT2D eigenvalue weighted by molar-refractivity contribution is 7.99. The molecule has 0 fully saturated rings. The van der Waals surface area contributed by atoms with Gasteiger partial charge in [-0.05, 0) is 6.07 Å². The largest absolute Gasteiger partial charge is 0.301 e. The molecule has 0 bridgehead atoms. The van der Waals surface area contributed by atoms with Crippen molar-refractivity contribution in [2.75, 3.05) is 11.1 Å². The number of nitrogens with one attached hydrogen (secondary N) is 1. The molecular formula is C9H8N4OS2. The highest BCUT2D eigenvalue weighted by Crippen LogP contribution is 2.15. The summed E-state index contributed by atoms with van der Waals surface area (Å²) in [4.78, 5) is 23.2. The summed E-state index contributed by atoms with van der Waals surface area (Å²) in [6.07, 6.45) is 4.76. The number of thioether (sulfide) groups is 1. The molecule has 0 aliphatic rings. The SMILES string of the molecule is O=C(CSc1ccncn1)Nc1nccs1. The molecule has 0 aliphatic carbocycles. The van der Waals surface area contributed by atoms with Crippen LogP contribution in [0.1, 0.15) is 0 Å². The third-order valence-corrected chi connectivity index (χ3v) is 3.22. The van der Waals surface area contributed by atoms with Crippen LogP contribution in [-0.2, 0) is 4.79 Å². The number of nitrogens with zero attached hydrogens (tertiary/aromatic N) is 3. The molecule has 1 amide bonds. The summed E-state index contributed by atoms with van der Waals surface area (Å²) in [6.45, 7) is 0. The predicted molar refractivity (Wildman–Crippen MR) is 63.5 cm³/mol. The van der Waals surface area contributed by atoms with Crippen LogP contribution in [0.5, 0.6) is 0 Å². The lowest BCUT2D eigenvalue weighted by molar-refractivity contribution is -0.113. The second-order valence-electron chi connectivity index (χ2n) is 2.72. The van der Waals surface area contributed by atoms with Crippen molar-refractivity contribution >= 4 is 34.1 Å². The van der Waals surface area contributed by atoms with Crippen LogP contribution in [0.2, 0.25) is 0 Å². The van der Waals surface area contributed by atoms with Crippen molar-refractivity contribution in [1.29, 1.82) is 0 Å². The maximum absolute atomic E-state index is 11.5. The molecule has 2 aromatic rings. The van der Waals surface area contributed by atoms with E-state index in [2.05, 4.69) is 20.3 Å². The first-order chi connectivity index (χ1) is 7.84. The Morgan fingerprint density at radius 2 is 2.38 bits per heavy atom. The minimum absolute atomic E-state index is 0.0847. The Bertz CT molecular complexity index is 446. The van der Waals surface area contributed by atoms with E-state index < -0.39 is 0 Å². The Balaban J connectivity index is 1.80. The standard InChI is InChI=1S/C9H8N4OS2/c14-7(13-9-11-3-4-15-9)5-16-8-1-2-10-6-12-8/h1-4,6H,5H2,(H,11,13,14). The van der Waals surface area contributed by atoms with Gasteiger partial charge in [-0.2, -0.15) is 0 Å². The molecule has 82 valence electrons. The van der Waals surface area contributed by atoms with E-state index >= 15 is 0 Å². The molecule has 16 heavy (non-hydrogen) atoms. The summed E-state index contributed by atoms with van der Waals surface area (Å²) < 4.78 is 0. The fraction of sp³-hybridized carbons (Fsp3) is 0.111.